The molecule has 0 radical (unpaired) electrons. The Balaban J connectivity index is 2.14. The molecule has 1 fully saturated rings. The van der Waals surface area contributed by atoms with Gasteiger partial charge in [-0.25, -0.2) is 0 Å². The summed E-state index contributed by atoms with van der Waals surface area (Å²) in [6.45, 7) is 1.35. The fourth-order valence-electron chi connectivity index (χ4n) is 2.35. The number of hydrogen-bond acceptors (Lipinski definition) is 3. The summed E-state index contributed by atoms with van der Waals surface area (Å²) in [6.07, 6.45) is 1.87. The molecule has 1 aromatic carbocycles. The van der Waals surface area contributed by atoms with E-state index in [-0.39, 0.29) is 17.7 Å². The van der Waals surface area contributed by atoms with Crippen LogP contribution in [0.3, 0.4) is 0 Å². The van der Waals surface area contributed by atoms with Crippen LogP contribution in [0, 0.1) is 0 Å². The first-order valence-corrected chi connectivity index (χ1v) is 5.94. The minimum Gasteiger partial charge on any atom is -0.455 e. The first-order chi connectivity index (χ1) is 8.18. The van der Waals surface area contributed by atoms with E-state index in [0.29, 0.717) is 6.42 Å². The molecule has 17 heavy (non-hydrogen) atoms. The fraction of sp³-hybridized carbons (Fsp3) is 0.429. The molecule has 1 saturated carbocycles. The van der Waals surface area contributed by atoms with Crippen molar-refractivity contribution in [1.29, 1.82) is 0 Å². The molecule has 0 N–H and O–H groups in total. The van der Waals surface area contributed by atoms with Gasteiger partial charge in [0, 0.05) is 12.8 Å². The minimum absolute atomic E-state index is 0.0395. The third-order valence-corrected chi connectivity index (χ3v) is 3.13. The zero-order valence-corrected chi connectivity index (χ0v) is 9.89. The summed E-state index contributed by atoms with van der Waals surface area (Å²) in [6, 6.07) is 9.70. The maximum absolute atomic E-state index is 12.2. The predicted octanol–water partition coefficient (Wildman–Crippen LogP) is 2.45. The fourth-order valence-corrected chi connectivity index (χ4v) is 2.35. The van der Waals surface area contributed by atoms with E-state index in [1.807, 2.05) is 30.3 Å². The number of rotatable bonds is 2. The summed E-state index contributed by atoms with van der Waals surface area (Å²) in [5, 5.41) is 0. The zero-order valence-electron chi connectivity index (χ0n) is 9.89. The molecule has 0 bridgehead atoms. The lowest BCUT2D eigenvalue weighted by Crippen LogP contribution is -2.34. The lowest BCUT2D eigenvalue weighted by molar-refractivity contribution is -0.155. The van der Waals surface area contributed by atoms with Gasteiger partial charge in [-0.15, -0.1) is 0 Å². The molecule has 1 aromatic rings. The van der Waals surface area contributed by atoms with E-state index in [1.165, 1.54) is 6.92 Å². The summed E-state index contributed by atoms with van der Waals surface area (Å²) < 4.78 is 5.07. The quantitative estimate of drug-likeness (QED) is 0.736. The number of carbonyl (C=O) groups is 2. The van der Waals surface area contributed by atoms with E-state index >= 15 is 0 Å². The molecule has 0 aromatic heterocycles. The average Bonchev–Trinajstić information content (AvgIpc) is 2.32. The highest BCUT2D eigenvalue weighted by Crippen LogP contribution is 2.31. The van der Waals surface area contributed by atoms with E-state index in [0.717, 1.165) is 18.4 Å². The average molecular weight is 232 g/mol. The molecule has 0 saturated heterocycles. The standard InChI is InChI=1S/C14H16O3/c1-10(15)17-13-9-5-8-12(14(13)16)11-6-3-2-4-7-11/h2-4,6-7,12-13H,5,8-9H2,1H3. The molecule has 0 spiro atoms. The second-order valence-electron chi connectivity index (χ2n) is 4.39. The number of ketones is 1. The lowest BCUT2D eigenvalue weighted by Gasteiger charge is -2.27. The first-order valence-electron chi connectivity index (χ1n) is 5.94. The summed E-state index contributed by atoms with van der Waals surface area (Å²) >= 11 is 0. The minimum atomic E-state index is -0.550. The molecule has 0 aliphatic heterocycles. The van der Waals surface area contributed by atoms with Crippen molar-refractivity contribution < 1.29 is 14.3 Å². The molecule has 2 rings (SSSR count). The normalized spacial score (nSPS) is 24.4. The molecule has 2 atom stereocenters. The van der Waals surface area contributed by atoms with Crippen LogP contribution in [0.2, 0.25) is 0 Å². The summed E-state index contributed by atoms with van der Waals surface area (Å²) in [7, 11) is 0. The van der Waals surface area contributed by atoms with Gasteiger partial charge >= 0.3 is 5.97 Å². The van der Waals surface area contributed by atoms with E-state index < -0.39 is 6.10 Å². The van der Waals surface area contributed by atoms with Gasteiger partial charge in [0.2, 0.25) is 0 Å². The highest BCUT2D eigenvalue weighted by Gasteiger charge is 2.33. The third-order valence-electron chi connectivity index (χ3n) is 3.13. The maximum atomic E-state index is 12.2. The van der Waals surface area contributed by atoms with Gasteiger partial charge in [-0.1, -0.05) is 30.3 Å². The molecule has 0 amide bonds. The molecular weight excluding hydrogens is 216 g/mol. The van der Waals surface area contributed by atoms with Gasteiger partial charge < -0.3 is 4.74 Å². The largest absolute Gasteiger partial charge is 0.455 e. The summed E-state index contributed by atoms with van der Waals surface area (Å²) in [4.78, 5) is 23.1. The van der Waals surface area contributed by atoms with E-state index in [2.05, 4.69) is 0 Å². The second-order valence-corrected chi connectivity index (χ2v) is 4.39. The molecule has 0 heterocycles. The van der Waals surface area contributed by atoms with Crippen molar-refractivity contribution >= 4 is 11.8 Å². The molecule has 90 valence electrons. The van der Waals surface area contributed by atoms with Crippen LogP contribution in [0.1, 0.15) is 37.7 Å². The van der Waals surface area contributed by atoms with Gasteiger partial charge in [-0.2, -0.15) is 0 Å². The number of carbonyl (C=O) groups excluding carboxylic acids is 2. The Morgan fingerprint density at radius 3 is 2.59 bits per heavy atom. The molecule has 3 nitrogen and oxygen atoms in total. The van der Waals surface area contributed by atoms with Crippen molar-refractivity contribution in [2.75, 3.05) is 0 Å². The number of benzene rings is 1. The van der Waals surface area contributed by atoms with Gasteiger partial charge in [-0.3, -0.25) is 9.59 Å². The monoisotopic (exact) mass is 232 g/mol. The number of hydrogen-bond donors (Lipinski definition) is 0. The van der Waals surface area contributed by atoms with Crippen LogP contribution in [0.5, 0.6) is 0 Å². The molecule has 2 unspecified atom stereocenters. The van der Waals surface area contributed by atoms with Crippen molar-refractivity contribution in [3.05, 3.63) is 35.9 Å². The SMILES string of the molecule is CC(=O)OC1CCCC(c2ccccc2)C1=O. The Hall–Kier alpha value is -1.64. The number of esters is 1. The van der Waals surface area contributed by atoms with Gasteiger partial charge in [0.05, 0.1) is 0 Å². The van der Waals surface area contributed by atoms with Crippen LogP contribution in [-0.4, -0.2) is 17.9 Å². The Kier molecular flexibility index (Phi) is 3.57. The van der Waals surface area contributed by atoms with Crippen molar-refractivity contribution in [1.82, 2.24) is 0 Å². The smallest absolute Gasteiger partial charge is 0.303 e. The predicted molar refractivity (Wildman–Crippen MR) is 63.6 cm³/mol. The lowest BCUT2D eigenvalue weighted by atomic mass is 9.81. The second kappa shape index (κ2) is 5.13. The van der Waals surface area contributed by atoms with E-state index in [1.54, 1.807) is 0 Å². The topological polar surface area (TPSA) is 43.4 Å². The molecular formula is C14H16O3. The van der Waals surface area contributed by atoms with Gasteiger partial charge in [0.1, 0.15) is 0 Å². The third kappa shape index (κ3) is 2.73. The van der Waals surface area contributed by atoms with Gasteiger partial charge in [0.15, 0.2) is 11.9 Å². The maximum Gasteiger partial charge on any atom is 0.303 e. The highest BCUT2D eigenvalue weighted by atomic mass is 16.5. The van der Waals surface area contributed by atoms with Crippen molar-refractivity contribution in [3.8, 4) is 0 Å². The van der Waals surface area contributed by atoms with Crippen LogP contribution >= 0.6 is 0 Å². The highest BCUT2D eigenvalue weighted by molar-refractivity contribution is 5.91. The Morgan fingerprint density at radius 1 is 1.24 bits per heavy atom. The van der Waals surface area contributed by atoms with Crippen LogP contribution < -0.4 is 0 Å². The van der Waals surface area contributed by atoms with E-state index in [4.69, 9.17) is 4.74 Å². The van der Waals surface area contributed by atoms with E-state index in [9.17, 15) is 9.59 Å². The molecule has 1 aliphatic rings. The van der Waals surface area contributed by atoms with Crippen molar-refractivity contribution in [2.24, 2.45) is 0 Å². The van der Waals surface area contributed by atoms with Gasteiger partial charge in [-0.05, 0) is 24.8 Å². The Morgan fingerprint density at radius 2 is 1.94 bits per heavy atom. The number of Topliss-reactive ketones (excluding diaryl/α,β-unsaturated/α-hetero) is 1. The van der Waals surface area contributed by atoms with Crippen LogP contribution in [0.25, 0.3) is 0 Å². The Bertz CT molecular complexity index is 411. The molecule has 1 aliphatic carbocycles. The van der Waals surface area contributed by atoms with Crippen molar-refractivity contribution in [2.45, 2.75) is 38.2 Å². The summed E-state index contributed by atoms with van der Waals surface area (Å²) in [5.41, 5.74) is 1.02. The summed E-state index contributed by atoms with van der Waals surface area (Å²) in [5.74, 6) is -0.455. The van der Waals surface area contributed by atoms with Crippen LogP contribution in [-0.2, 0) is 14.3 Å². The first kappa shape index (κ1) is 11.8. The molecule has 3 heteroatoms. The Labute approximate surface area is 101 Å². The number of ether oxygens (including phenoxy) is 1. The van der Waals surface area contributed by atoms with Gasteiger partial charge in [0.25, 0.3) is 0 Å². The van der Waals surface area contributed by atoms with Crippen LogP contribution in [0.4, 0.5) is 0 Å². The van der Waals surface area contributed by atoms with Crippen LogP contribution in [0.15, 0.2) is 30.3 Å². The van der Waals surface area contributed by atoms with Crippen molar-refractivity contribution in [3.63, 3.8) is 0 Å². The zero-order chi connectivity index (χ0) is 12.3.